The number of hydrogen-bond donors (Lipinski definition) is 1. The third-order valence-electron chi connectivity index (χ3n) is 10.2. The molecule has 0 spiro atoms. The van der Waals surface area contributed by atoms with Gasteiger partial charge in [0.15, 0.2) is 0 Å². The van der Waals surface area contributed by atoms with Crippen LogP contribution in [0, 0.1) is 39.9 Å². The third kappa shape index (κ3) is 13.2. The van der Waals surface area contributed by atoms with E-state index in [9.17, 15) is 122 Å². The van der Waals surface area contributed by atoms with E-state index < -0.39 is 149 Å². The number of carbonyl (C=O) groups excluding carboxylic acids is 5. The standard InChI is InChI=1S/C31H40F17N7O10S.Gd/c1-18(53-8-6-51(16-21(59)60)4-2-50(15-20(57)58)3-5-52(7-9-53)17-22(61)62)23(63)49-14-19(56)54-10-12-55(13-11-54)66(64,65)31(47,48)29(42,43)27(38,39)25(34,35)24(32,33)26(36,37)28(40,41)30(44,45)46;/h18H,2-17H2,1H3,(H,49,63)(H,57,58)(H,59,60)(H,61,62);/q;+3/p-3. The van der Waals surface area contributed by atoms with Crippen LogP contribution in [0.4, 0.5) is 74.6 Å². The van der Waals surface area contributed by atoms with Gasteiger partial charge in [0.2, 0.25) is 11.8 Å². The third-order valence-corrected chi connectivity index (χ3v) is 12.2. The Labute approximate surface area is 399 Å². The minimum atomic E-state index is -9.00. The maximum atomic E-state index is 14.8. The Bertz CT molecular complexity index is 1850. The number of nitrogens with zero attached hydrogens (tertiary/aromatic N) is 6. The van der Waals surface area contributed by atoms with Gasteiger partial charge in [0.1, 0.15) is 0 Å². The molecular formula is C31H37F17GdN7O10S. The van der Waals surface area contributed by atoms with Crippen LogP contribution in [-0.2, 0) is 34.0 Å². The van der Waals surface area contributed by atoms with Crippen molar-refractivity contribution in [3.05, 3.63) is 0 Å². The number of alkyl halides is 17. The van der Waals surface area contributed by atoms with Crippen LogP contribution in [0.5, 0.6) is 0 Å². The predicted molar refractivity (Wildman–Crippen MR) is 176 cm³/mol. The Morgan fingerprint density at radius 3 is 1.15 bits per heavy atom. The first kappa shape index (κ1) is 62.3. The van der Waals surface area contributed by atoms with Crippen LogP contribution in [0.15, 0.2) is 0 Å². The Morgan fingerprint density at radius 2 is 0.821 bits per heavy atom. The van der Waals surface area contributed by atoms with Crippen LogP contribution in [0.2, 0.25) is 0 Å². The van der Waals surface area contributed by atoms with Gasteiger partial charge in [-0.25, -0.2) is 8.42 Å². The summed E-state index contributed by atoms with van der Waals surface area (Å²) in [5, 5.41) is 28.4. The van der Waals surface area contributed by atoms with E-state index in [-0.39, 0.29) is 92.3 Å². The number of hydrogen-bond acceptors (Lipinski definition) is 14. The van der Waals surface area contributed by atoms with Gasteiger partial charge in [-0.2, -0.15) is 78.9 Å². The van der Waals surface area contributed by atoms with Crippen molar-refractivity contribution in [2.75, 3.05) is 105 Å². The first-order valence-corrected chi connectivity index (χ1v) is 19.9. The van der Waals surface area contributed by atoms with E-state index in [0.717, 1.165) is 0 Å². The summed E-state index contributed by atoms with van der Waals surface area (Å²) < 4.78 is 257. The smallest absolute Gasteiger partial charge is 0.549 e. The minimum Gasteiger partial charge on any atom is -0.549 e. The van der Waals surface area contributed by atoms with Gasteiger partial charge in [0.25, 0.3) is 10.0 Å². The van der Waals surface area contributed by atoms with Gasteiger partial charge in [-0.1, -0.05) is 0 Å². The molecule has 17 nitrogen and oxygen atoms in total. The van der Waals surface area contributed by atoms with Gasteiger partial charge in [-0.3, -0.25) is 29.2 Å². The number of nitrogens with one attached hydrogen (secondary N) is 1. The van der Waals surface area contributed by atoms with E-state index in [1.807, 2.05) is 0 Å². The van der Waals surface area contributed by atoms with Crippen LogP contribution in [0.25, 0.3) is 0 Å². The van der Waals surface area contributed by atoms with Crippen LogP contribution in [-0.4, -0.2) is 225 Å². The second kappa shape index (κ2) is 22.5. The maximum absolute atomic E-state index is 14.8. The molecule has 2 rings (SSSR count). The van der Waals surface area contributed by atoms with Gasteiger partial charge in [-0.05, 0) is 6.92 Å². The monoisotopic (exact) mass is 1180 g/mol. The summed E-state index contributed by atoms with van der Waals surface area (Å²) >= 11 is 0. The fourth-order valence-electron chi connectivity index (χ4n) is 6.20. The van der Waals surface area contributed by atoms with E-state index >= 15 is 0 Å². The van der Waals surface area contributed by atoms with Gasteiger partial charge < -0.3 is 39.9 Å². The Morgan fingerprint density at radius 1 is 0.507 bits per heavy atom. The molecule has 0 bridgehead atoms. The molecule has 2 heterocycles. The molecule has 0 aromatic heterocycles. The number of halogens is 17. The van der Waals surface area contributed by atoms with Gasteiger partial charge >= 0.3 is 86.9 Å². The minimum absolute atomic E-state index is 0. The van der Waals surface area contributed by atoms with Crippen LogP contribution < -0.4 is 20.6 Å². The molecule has 0 saturated carbocycles. The van der Waals surface area contributed by atoms with Crippen molar-refractivity contribution in [1.29, 1.82) is 0 Å². The van der Waals surface area contributed by atoms with Gasteiger partial charge in [-0.15, -0.1) is 0 Å². The average Bonchev–Trinajstić information content (AvgIpc) is 3.17. The summed E-state index contributed by atoms with van der Waals surface area (Å²) in [6.07, 6.45) is -7.98. The molecule has 1 unspecified atom stereocenters. The van der Waals surface area contributed by atoms with E-state index in [4.69, 9.17) is 0 Å². The number of piperazine rings is 1. The summed E-state index contributed by atoms with van der Waals surface area (Å²) in [5.41, 5.74) is 0. The topological polar surface area (TPSA) is 220 Å². The molecule has 0 aromatic carbocycles. The Hall–Kier alpha value is -2.77. The Kier molecular flexibility index (Phi) is 20.9. The van der Waals surface area contributed by atoms with E-state index in [0.29, 0.717) is 4.90 Å². The summed E-state index contributed by atoms with van der Waals surface area (Å²) in [7, 11) is -7.58. The van der Waals surface area contributed by atoms with Crippen molar-refractivity contribution in [3.8, 4) is 0 Å². The van der Waals surface area contributed by atoms with Crippen molar-refractivity contribution in [2.45, 2.75) is 59.9 Å². The second-order valence-corrected chi connectivity index (χ2v) is 16.6. The van der Waals surface area contributed by atoms with Gasteiger partial charge in [0.05, 0.1) is 30.5 Å². The normalized spacial score (nSPS) is 19.4. The van der Waals surface area contributed by atoms with Crippen molar-refractivity contribution in [1.82, 2.24) is 34.1 Å². The quantitative estimate of drug-likeness (QED) is 0.139. The van der Waals surface area contributed by atoms with Crippen molar-refractivity contribution in [2.24, 2.45) is 0 Å². The SMILES string of the molecule is CC(C(=O)NCC(=O)N1CCN(S(=O)(=O)C(F)(F)C(F)(F)C(F)(F)C(F)(F)C(F)(F)C(F)(F)C(F)(F)C(F)(F)F)CC1)N1CCN(CC(=O)[O-])CCN(CC(=O)[O-])CCN(CC(=O)[O-])CC1.[Gd+3]. The zero-order valence-electron chi connectivity index (χ0n) is 33.8. The molecule has 389 valence electrons. The first-order chi connectivity index (χ1) is 29.6. The number of amides is 2. The maximum Gasteiger partial charge on any atom is 3.00 e. The summed E-state index contributed by atoms with van der Waals surface area (Å²) in [4.78, 5) is 65.9. The van der Waals surface area contributed by atoms with E-state index in [2.05, 4.69) is 5.32 Å². The molecular weight excluding hydrogens is 1140 g/mol. The molecule has 1 N–H and O–H groups in total. The Balaban J connectivity index is 0.0000224. The van der Waals surface area contributed by atoms with Crippen molar-refractivity contribution in [3.63, 3.8) is 0 Å². The molecule has 1 radical (unpaired) electrons. The van der Waals surface area contributed by atoms with E-state index in [1.165, 1.54) is 26.5 Å². The molecule has 2 fully saturated rings. The van der Waals surface area contributed by atoms with Crippen molar-refractivity contribution < 1.29 is 162 Å². The molecule has 2 amide bonds. The fourth-order valence-corrected chi connectivity index (χ4v) is 7.62. The zero-order chi connectivity index (χ0) is 51.4. The first-order valence-electron chi connectivity index (χ1n) is 18.4. The summed E-state index contributed by atoms with van der Waals surface area (Å²) in [5.74, 6) is -59.3. The van der Waals surface area contributed by atoms with Crippen LogP contribution in [0.1, 0.15) is 6.92 Å². The number of carbonyl (C=O) groups is 5. The number of rotatable bonds is 18. The molecule has 2 aliphatic heterocycles. The van der Waals surface area contributed by atoms with Crippen LogP contribution >= 0.6 is 0 Å². The molecule has 36 heteroatoms. The summed E-state index contributed by atoms with van der Waals surface area (Å²) in [6, 6.07) is -1.26. The molecule has 0 aromatic rings. The molecule has 2 aliphatic rings. The largest absolute Gasteiger partial charge is 3.00 e. The molecule has 0 aliphatic carbocycles. The van der Waals surface area contributed by atoms with E-state index in [1.54, 1.807) is 0 Å². The summed E-state index contributed by atoms with van der Waals surface area (Å²) in [6.45, 7) is -8.21. The van der Waals surface area contributed by atoms with Crippen LogP contribution in [0.3, 0.4) is 0 Å². The van der Waals surface area contributed by atoms with Gasteiger partial charge in [0, 0.05) is 98.2 Å². The molecule has 2 saturated heterocycles. The second-order valence-electron chi connectivity index (χ2n) is 14.6. The number of carboxylic acid groups (broad SMARTS) is 3. The number of sulfonamides is 1. The zero-order valence-corrected chi connectivity index (χ0v) is 36.9. The fraction of sp³-hybridized carbons (Fsp3) is 0.839. The number of aliphatic carboxylic acids is 3. The average molecular weight is 1180 g/mol. The molecule has 1 atom stereocenters. The molecule has 67 heavy (non-hydrogen) atoms. The number of carboxylic acids is 3. The predicted octanol–water partition coefficient (Wildman–Crippen LogP) is -2.60. The van der Waals surface area contributed by atoms with Crippen molar-refractivity contribution >= 4 is 39.7 Å².